The highest BCUT2D eigenvalue weighted by atomic mass is 16.5. The van der Waals surface area contributed by atoms with Crippen LogP contribution in [0.2, 0.25) is 0 Å². The molecule has 0 atom stereocenters. The second kappa shape index (κ2) is 6.52. The van der Waals surface area contributed by atoms with Crippen LogP contribution in [0, 0.1) is 6.92 Å². The quantitative estimate of drug-likeness (QED) is 0.788. The van der Waals surface area contributed by atoms with Crippen LogP contribution >= 0.6 is 0 Å². The normalized spacial score (nSPS) is 10.7. The van der Waals surface area contributed by atoms with Gasteiger partial charge in [-0.15, -0.1) is 0 Å². The molecule has 0 saturated heterocycles. The third-order valence-corrected chi connectivity index (χ3v) is 3.82. The molecule has 1 amide bonds. The number of para-hydroxylation sites is 3. The summed E-state index contributed by atoms with van der Waals surface area (Å²) in [5.41, 5.74) is 2.60. The standard InChI is InChI=1S/C18H19N3O2/c1-13-20-15-8-4-5-9-16(15)21(13)12-11-19-18(22)14-7-3-6-10-17(14)23-2/h3-10H,11-12H2,1-2H3,(H,19,22). The van der Waals surface area contributed by atoms with Crippen LogP contribution < -0.4 is 10.1 Å². The number of amides is 1. The maximum Gasteiger partial charge on any atom is 0.255 e. The molecular weight excluding hydrogens is 290 g/mol. The molecule has 0 bridgehead atoms. The first-order valence-corrected chi connectivity index (χ1v) is 7.54. The SMILES string of the molecule is COc1ccccc1C(=O)NCCn1c(C)nc2ccccc21. The van der Waals surface area contributed by atoms with Crippen molar-refractivity contribution in [1.29, 1.82) is 0 Å². The van der Waals surface area contributed by atoms with E-state index in [2.05, 4.69) is 14.9 Å². The fourth-order valence-electron chi connectivity index (χ4n) is 2.69. The van der Waals surface area contributed by atoms with Crippen LogP contribution in [0.3, 0.4) is 0 Å². The number of aryl methyl sites for hydroxylation is 1. The number of fused-ring (bicyclic) bond motifs is 1. The number of hydrogen-bond acceptors (Lipinski definition) is 3. The molecule has 1 heterocycles. The van der Waals surface area contributed by atoms with Gasteiger partial charge >= 0.3 is 0 Å². The van der Waals surface area contributed by atoms with E-state index in [1.807, 2.05) is 43.3 Å². The van der Waals surface area contributed by atoms with Crippen molar-refractivity contribution >= 4 is 16.9 Å². The van der Waals surface area contributed by atoms with Gasteiger partial charge in [-0.1, -0.05) is 24.3 Å². The van der Waals surface area contributed by atoms with Gasteiger partial charge in [-0.3, -0.25) is 4.79 Å². The van der Waals surface area contributed by atoms with Gasteiger partial charge in [0.1, 0.15) is 11.6 Å². The van der Waals surface area contributed by atoms with Gasteiger partial charge in [0.25, 0.3) is 5.91 Å². The number of rotatable bonds is 5. The third-order valence-electron chi connectivity index (χ3n) is 3.82. The minimum Gasteiger partial charge on any atom is -0.496 e. The molecule has 5 heteroatoms. The van der Waals surface area contributed by atoms with Gasteiger partial charge in [-0.25, -0.2) is 4.98 Å². The Kier molecular flexibility index (Phi) is 4.28. The molecule has 0 fully saturated rings. The number of benzene rings is 2. The summed E-state index contributed by atoms with van der Waals surface area (Å²) in [6.07, 6.45) is 0. The van der Waals surface area contributed by atoms with Crippen LogP contribution in [-0.2, 0) is 6.54 Å². The number of nitrogens with one attached hydrogen (secondary N) is 1. The van der Waals surface area contributed by atoms with Crippen molar-refractivity contribution in [3.05, 3.63) is 59.9 Å². The Morgan fingerprint density at radius 1 is 1.17 bits per heavy atom. The fourth-order valence-corrected chi connectivity index (χ4v) is 2.69. The molecule has 3 rings (SSSR count). The van der Waals surface area contributed by atoms with Gasteiger partial charge in [0.15, 0.2) is 0 Å². The lowest BCUT2D eigenvalue weighted by Crippen LogP contribution is -2.27. The van der Waals surface area contributed by atoms with E-state index in [1.54, 1.807) is 19.2 Å². The summed E-state index contributed by atoms with van der Waals surface area (Å²) in [4.78, 5) is 16.8. The number of aromatic nitrogens is 2. The summed E-state index contributed by atoms with van der Waals surface area (Å²) in [6, 6.07) is 15.2. The highest BCUT2D eigenvalue weighted by molar-refractivity contribution is 5.96. The average Bonchev–Trinajstić information content (AvgIpc) is 2.90. The predicted octanol–water partition coefficient (Wildman–Crippen LogP) is 2.78. The molecule has 23 heavy (non-hydrogen) atoms. The largest absolute Gasteiger partial charge is 0.496 e. The highest BCUT2D eigenvalue weighted by Gasteiger charge is 2.11. The van der Waals surface area contributed by atoms with Crippen molar-refractivity contribution in [3.63, 3.8) is 0 Å². The number of carbonyl (C=O) groups excluding carboxylic acids is 1. The number of hydrogen-bond donors (Lipinski definition) is 1. The molecule has 0 saturated carbocycles. The second-order valence-corrected chi connectivity index (χ2v) is 5.26. The molecule has 2 aromatic carbocycles. The summed E-state index contributed by atoms with van der Waals surface area (Å²) in [5, 5.41) is 2.94. The third kappa shape index (κ3) is 3.04. The van der Waals surface area contributed by atoms with Gasteiger partial charge in [-0.2, -0.15) is 0 Å². The van der Waals surface area contributed by atoms with E-state index < -0.39 is 0 Å². The maximum atomic E-state index is 12.3. The second-order valence-electron chi connectivity index (χ2n) is 5.26. The monoisotopic (exact) mass is 309 g/mol. The Labute approximate surface area is 134 Å². The van der Waals surface area contributed by atoms with Crippen molar-refractivity contribution in [2.75, 3.05) is 13.7 Å². The van der Waals surface area contributed by atoms with Crippen LogP contribution in [0.15, 0.2) is 48.5 Å². The van der Waals surface area contributed by atoms with Crippen LogP contribution in [0.4, 0.5) is 0 Å². The lowest BCUT2D eigenvalue weighted by molar-refractivity contribution is 0.0949. The lowest BCUT2D eigenvalue weighted by Gasteiger charge is -2.10. The van der Waals surface area contributed by atoms with E-state index in [0.29, 0.717) is 24.4 Å². The first kappa shape index (κ1) is 15.1. The first-order chi connectivity index (χ1) is 11.2. The minimum atomic E-state index is -0.135. The van der Waals surface area contributed by atoms with Crippen molar-refractivity contribution in [2.45, 2.75) is 13.5 Å². The van der Waals surface area contributed by atoms with Gasteiger partial charge < -0.3 is 14.6 Å². The van der Waals surface area contributed by atoms with E-state index in [0.717, 1.165) is 16.9 Å². The summed E-state index contributed by atoms with van der Waals surface area (Å²) in [7, 11) is 1.56. The maximum absolute atomic E-state index is 12.3. The number of nitrogens with zero attached hydrogens (tertiary/aromatic N) is 2. The molecule has 0 aliphatic carbocycles. The Morgan fingerprint density at radius 2 is 1.91 bits per heavy atom. The highest BCUT2D eigenvalue weighted by Crippen LogP contribution is 2.17. The Hall–Kier alpha value is -2.82. The zero-order valence-electron chi connectivity index (χ0n) is 13.2. The minimum absolute atomic E-state index is 0.135. The van der Waals surface area contributed by atoms with Gasteiger partial charge in [0.05, 0.1) is 23.7 Å². The van der Waals surface area contributed by atoms with E-state index >= 15 is 0 Å². The summed E-state index contributed by atoms with van der Waals surface area (Å²) < 4.78 is 7.33. The van der Waals surface area contributed by atoms with Crippen LogP contribution in [0.25, 0.3) is 11.0 Å². The Balaban J connectivity index is 1.69. The Bertz CT molecular complexity index is 839. The molecule has 0 spiro atoms. The van der Waals surface area contributed by atoms with E-state index in [4.69, 9.17) is 4.74 Å². The molecule has 0 unspecified atom stereocenters. The summed E-state index contributed by atoms with van der Waals surface area (Å²) >= 11 is 0. The number of ether oxygens (including phenoxy) is 1. The number of imidazole rings is 1. The molecule has 3 aromatic rings. The number of methoxy groups -OCH3 is 1. The van der Waals surface area contributed by atoms with E-state index in [9.17, 15) is 4.79 Å². The molecule has 0 radical (unpaired) electrons. The number of carbonyl (C=O) groups is 1. The van der Waals surface area contributed by atoms with Crippen molar-refractivity contribution in [1.82, 2.24) is 14.9 Å². The van der Waals surface area contributed by atoms with E-state index in [1.165, 1.54) is 0 Å². The molecule has 5 nitrogen and oxygen atoms in total. The molecule has 0 aliphatic rings. The van der Waals surface area contributed by atoms with Crippen LogP contribution in [0.5, 0.6) is 5.75 Å². The fraction of sp³-hybridized carbons (Fsp3) is 0.222. The molecule has 1 N–H and O–H groups in total. The molecule has 118 valence electrons. The molecule has 1 aromatic heterocycles. The van der Waals surface area contributed by atoms with Gasteiger partial charge in [-0.05, 0) is 31.2 Å². The zero-order valence-corrected chi connectivity index (χ0v) is 13.2. The van der Waals surface area contributed by atoms with Gasteiger partial charge in [0, 0.05) is 13.1 Å². The van der Waals surface area contributed by atoms with Crippen molar-refractivity contribution in [2.24, 2.45) is 0 Å². The zero-order chi connectivity index (χ0) is 16.2. The van der Waals surface area contributed by atoms with Crippen molar-refractivity contribution in [3.8, 4) is 5.75 Å². The first-order valence-electron chi connectivity index (χ1n) is 7.54. The molecular formula is C18H19N3O2. The summed E-state index contributed by atoms with van der Waals surface area (Å²) in [5.74, 6) is 1.39. The van der Waals surface area contributed by atoms with E-state index in [-0.39, 0.29) is 5.91 Å². The van der Waals surface area contributed by atoms with Crippen LogP contribution in [0.1, 0.15) is 16.2 Å². The lowest BCUT2D eigenvalue weighted by atomic mass is 10.2. The van der Waals surface area contributed by atoms with Crippen molar-refractivity contribution < 1.29 is 9.53 Å². The van der Waals surface area contributed by atoms with Gasteiger partial charge in [0.2, 0.25) is 0 Å². The average molecular weight is 309 g/mol. The Morgan fingerprint density at radius 3 is 2.74 bits per heavy atom. The van der Waals surface area contributed by atoms with Crippen LogP contribution in [-0.4, -0.2) is 29.1 Å². The molecule has 0 aliphatic heterocycles. The topological polar surface area (TPSA) is 56.1 Å². The predicted molar refractivity (Wildman–Crippen MR) is 89.8 cm³/mol. The smallest absolute Gasteiger partial charge is 0.255 e. The summed E-state index contributed by atoms with van der Waals surface area (Å²) in [6.45, 7) is 3.17.